The Morgan fingerprint density at radius 1 is 0.778 bits per heavy atom. The van der Waals surface area contributed by atoms with Gasteiger partial charge in [0.2, 0.25) is 5.91 Å². The van der Waals surface area contributed by atoms with Crippen molar-refractivity contribution in [3.05, 3.63) is 36.5 Å². The van der Waals surface area contributed by atoms with E-state index >= 15 is 0 Å². The number of hydrogen-bond acceptors (Lipinski definition) is 5. The average Bonchev–Trinajstić information content (AvgIpc) is 2.97. The van der Waals surface area contributed by atoms with Crippen LogP contribution in [0.5, 0.6) is 0 Å². The Labute approximate surface area is 276 Å². The molecule has 0 aliphatic carbocycles. The third-order valence-electron chi connectivity index (χ3n) is 7.65. The van der Waals surface area contributed by atoms with Crippen molar-refractivity contribution in [1.29, 1.82) is 0 Å². The first-order chi connectivity index (χ1) is 21.5. The molecule has 0 fully saturated rings. The van der Waals surface area contributed by atoms with E-state index in [4.69, 9.17) is 9.05 Å². The summed E-state index contributed by atoms with van der Waals surface area (Å²) in [4.78, 5) is 22.9. The van der Waals surface area contributed by atoms with E-state index in [9.17, 15) is 19.4 Å². The van der Waals surface area contributed by atoms with Crippen molar-refractivity contribution in [3.8, 4) is 0 Å². The van der Waals surface area contributed by atoms with Gasteiger partial charge in [0.05, 0.1) is 39.9 Å². The van der Waals surface area contributed by atoms with Crippen molar-refractivity contribution >= 4 is 13.7 Å². The Bertz CT molecular complexity index is 840. The normalized spacial score (nSPS) is 15.3. The lowest BCUT2D eigenvalue weighted by Gasteiger charge is -2.26. The Hall–Kier alpha value is -1.28. The van der Waals surface area contributed by atoms with E-state index in [1.54, 1.807) is 0 Å². The molecule has 0 aromatic carbocycles. The number of phosphoric acid groups is 1. The van der Waals surface area contributed by atoms with Crippen LogP contribution in [0.4, 0.5) is 0 Å². The van der Waals surface area contributed by atoms with Gasteiger partial charge in [-0.15, -0.1) is 0 Å². The number of amides is 1. The summed E-state index contributed by atoms with van der Waals surface area (Å²) in [6, 6.07) is -0.761. The van der Waals surface area contributed by atoms with Gasteiger partial charge in [-0.3, -0.25) is 13.8 Å². The van der Waals surface area contributed by atoms with Gasteiger partial charge in [-0.2, -0.15) is 0 Å². The van der Waals surface area contributed by atoms with Crippen LogP contribution in [-0.2, 0) is 18.4 Å². The smallest absolute Gasteiger partial charge is 0.391 e. The summed E-state index contributed by atoms with van der Waals surface area (Å²) >= 11 is 0. The molecule has 3 unspecified atom stereocenters. The molecule has 0 bridgehead atoms. The highest BCUT2D eigenvalue weighted by Gasteiger charge is 2.28. The van der Waals surface area contributed by atoms with Gasteiger partial charge in [-0.1, -0.05) is 121 Å². The number of allylic oxidation sites excluding steroid dienone is 6. The van der Waals surface area contributed by atoms with Crippen LogP contribution in [0.25, 0.3) is 0 Å². The first-order valence-electron chi connectivity index (χ1n) is 17.9. The van der Waals surface area contributed by atoms with Gasteiger partial charge in [0, 0.05) is 6.42 Å². The highest BCUT2D eigenvalue weighted by molar-refractivity contribution is 7.47. The first-order valence-corrected chi connectivity index (χ1v) is 19.3. The maximum absolute atomic E-state index is 12.7. The molecule has 264 valence electrons. The summed E-state index contributed by atoms with van der Waals surface area (Å²) in [6.45, 7) is 4.67. The van der Waals surface area contributed by atoms with Gasteiger partial charge in [0.15, 0.2) is 0 Å². The maximum atomic E-state index is 12.7. The van der Waals surface area contributed by atoms with E-state index in [0.717, 1.165) is 64.2 Å². The van der Waals surface area contributed by atoms with Crippen LogP contribution in [-0.4, -0.2) is 73.4 Å². The lowest BCUT2D eigenvalue weighted by Crippen LogP contribution is -2.46. The second-order valence-electron chi connectivity index (χ2n) is 13.2. The second-order valence-corrected chi connectivity index (χ2v) is 14.7. The standard InChI is InChI=1S/C36H69N2O6P/c1-6-8-10-12-14-15-16-17-18-19-20-21-22-23-24-26-28-30-36(40)37-34(35(39)29-27-25-13-11-9-7-2)33-44-45(41,42)43-32-31-38(3,4)5/h8,10,14-15,17-18,34-35,39H,6-7,9,11-13,16,19-33H2,1-5H3,(H-,37,40,41,42)/p+1/b10-8-,15-14-,18-17-. The van der Waals surface area contributed by atoms with Crippen LogP contribution in [0, 0.1) is 0 Å². The van der Waals surface area contributed by atoms with E-state index in [0.29, 0.717) is 23.9 Å². The van der Waals surface area contributed by atoms with Crippen molar-refractivity contribution in [3.63, 3.8) is 0 Å². The van der Waals surface area contributed by atoms with Crippen LogP contribution in [0.2, 0.25) is 0 Å². The van der Waals surface area contributed by atoms with Crippen molar-refractivity contribution in [2.75, 3.05) is 40.9 Å². The predicted octanol–water partition coefficient (Wildman–Crippen LogP) is 8.79. The zero-order valence-electron chi connectivity index (χ0n) is 29.6. The van der Waals surface area contributed by atoms with Crippen molar-refractivity contribution in [2.45, 2.75) is 148 Å². The molecule has 0 rings (SSSR count). The van der Waals surface area contributed by atoms with Gasteiger partial charge in [0.1, 0.15) is 13.2 Å². The summed E-state index contributed by atoms with van der Waals surface area (Å²) in [5.41, 5.74) is 0. The van der Waals surface area contributed by atoms with E-state index < -0.39 is 20.0 Å². The van der Waals surface area contributed by atoms with Crippen LogP contribution in [0.1, 0.15) is 136 Å². The predicted molar refractivity (Wildman–Crippen MR) is 189 cm³/mol. The molecule has 1 amide bonds. The quantitative estimate of drug-likeness (QED) is 0.0298. The monoisotopic (exact) mass is 657 g/mol. The summed E-state index contributed by atoms with van der Waals surface area (Å²) in [5.74, 6) is -0.164. The number of carbonyl (C=O) groups is 1. The number of nitrogens with zero attached hydrogens (tertiary/aromatic N) is 1. The van der Waals surface area contributed by atoms with Crippen LogP contribution >= 0.6 is 7.82 Å². The highest BCUT2D eigenvalue weighted by Crippen LogP contribution is 2.43. The molecule has 0 aliphatic heterocycles. The topological polar surface area (TPSA) is 105 Å². The van der Waals surface area contributed by atoms with Gasteiger partial charge in [-0.05, 0) is 44.9 Å². The molecule has 9 heteroatoms. The SMILES string of the molecule is CC/C=C\C/C=C\C/C=C\CCCCCCCCCC(=O)NC(COP(=O)(O)OCC[N+](C)(C)C)C(O)CCCCCCCC. The molecule has 0 spiro atoms. The Kier molecular flexibility index (Phi) is 28.1. The van der Waals surface area contributed by atoms with Gasteiger partial charge < -0.3 is 19.8 Å². The highest BCUT2D eigenvalue weighted by atomic mass is 31.2. The minimum absolute atomic E-state index is 0.0705. The third-order valence-corrected chi connectivity index (χ3v) is 8.64. The number of aliphatic hydroxyl groups is 1. The van der Waals surface area contributed by atoms with Gasteiger partial charge in [-0.25, -0.2) is 4.57 Å². The molecule has 0 heterocycles. The van der Waals surface area contributed by atoms with E-state index in [1.165, 1.54) is 44.9 Å². The van der Waals surface area contributed by atoms with Crippen LogP contribution in [0.3, 0.4) is 0 Å². The minimum atomic E-state index is -4.30. The van der Waals surface area contributed by atoms with Crippen molar-refractivity contribution < 1.29 is 32.9 Å². The fraction of sp³-hybridized carbons (Fsp3) is 0.806. The summed E-state index contributed by atoms with van der Waals surface area (Å²) in [7, 11) is 1.59. The molecular weight excluding hydrogens is 587 g/mol. The number of nitrogens with one attached hydrogen (secondary N) is 1. The van der Waals surface area contributed by atoms with E-state index in [2.05, 4.69) is 55.6 Å². The number of phosphoric ester groups is 1. The molecule has 0 saturated heterocycles. The number of unbranched alkanes of at least 4 members (excludes halogenated alkanes) is 12. The second kappa shape index (κ2) is 28.9. The molecule has 0 radical (unpaired) electrons. The maximum Gasteiger partial charge on any atom is 0.472 e. The number of quaternary nitrogens is 1. The molecular formula is C36H70N2O6P+. The fourth-order valence-corrected chi connectivity index (χ4v) is 5.50. The Morgan fingerprint density at radius 2 is 1.33 bits per heavy atom. The lowest BCUT2D eigenvalue weighted by atomic mass is 10.0. The van der Waals surface area contributed by atoms with Gasteiger partial charge >= 0.3 is 7.82 Å². The minimum Gasteiger partial charge on any atom is -0.391 e. The van der Waals surface area contributed by atoms with Gasteiger partial charge in [0.25, 0.3) is 0 Å². The lowest BCUT2D eigenvalue weighted by molar-refractivity contribution is -0.870. The first kappa shape index (κ1) is 43.7. The average molecular weight is 658 g/mol. The zero-order chi connectivity index (χ0) is 33.7. The molecule has 45 heavy (non-hydrogen) atoms. The Morgan fingerprint density at radius 3 is 1.96 bits per heavy atom. The molecule has 0 aliphatic rings. The zero-order valence-corrected chi connectivity index (χ0v) is 30.5. The van der Waals surface area contributed by atoms with Crippen molar-refractivity contribution in [1.82, 2.24) is 5.32 Å². The largest absolute Gasteiger partial charge is 0.472 e. The molecule has 3 N–H and O–H groups in total. The Balaban J connectivity index is 4.35. The molecule has 8 nitrogen and oxygen atoms in total. The number of aliphatic hydroxyl groups excluding tert-OH is 1. The number of hydrogen-bond donors (Lipinski definition) is 3. The number of carbonyl (C=O) groups excluding carboxylic acids is 1. The van der Waals surface area contributed by atoms with Crippen LogP contribution in [0.15, 0.2) is 36.5 Å². The molecule has 0 saturated carbocycles. The third kappa shape index (κ3) is 31.1. The summed E-state index contributed by atoms with van der Waals surface area (Å²) < 4.78 is 23.3. The summed E-state index contributed by atoms with van der Waals surface area (Å²) in [6.07, 6.45) is 31.9. The van der Waals surface area contributed by atoms with Crippen LogP contribution < -0.4 is 5.32 Å². The van der Waals surface area contributed by atoms with E-state index in [1.807, 2.05) is 21.1 Å². The number of likely N-dealkylation sites (N-methyl/N-ethyl adjacent to an activating group) is 1. The molecule has 0 aromatic heterocycles. The number of rotatable bonds is 31. The molecule has 3 atom stereocenters. The fourth-order valence-electron chi connectivity index (χ4n) is 4.76. The van der Waals surface area contributed by atoms with E-state index in [-0.39, 0.29) is 19.1 Å². The van der Waals surface area contributed by atoms with Crippen molar-refractivity contribution in [2.24, 2.45) is 0 Å². The summed E-state index contributed by atoms with van der Waals surface area (Å²) in [5, 5.41) is 13.7. The molecule has 0 aromatic rings.